The highest BCUT2D eigenvalue weighted by Gasteiger charge is 2.31. The van der Waals surface area contributed by atoms with Crippen molar-refractivity contribution in [2.75, 3.05) is 6.61 Å². The van der Waals surface area contributed by atoms with Crippen LogP contribution in [-0.2, 0) is 14.3 Å². The lowest BCUT2D eigenvalue weighted by Crippen LogP contribution is -2.26. The second kappa shape index (κ2) is 9.87. The van der Waals surface area contributed by atoms with Gasteiger partial charge < -0.3 is 4.74 Å². The number of carbonyl (C=O) groups excluding carboxylic acids is 2. The Morgan fingerprint density at radius 3 is 2.22 bits per heavy atom. The Kier molecular flexibility index (Phi) is 8.54. The number of unbranched alkanes of at least 4 members (excludes halogenated alkanes) is 1. The fourth-order valence-electron chi connectivity index (χ4n) is 2.13. The second-order valence-electron chi connectivity index (χ2n) is 5.38. The lowest BCUT2D eigenvalue weighted by molar-refractivity contribution is -0.149. The third-order valence-electron chi connectivity index (χ3n) is 3.53. The highest BCUT2D eigenvalue weighted by molar-refractivity contribution is 7.80. The number of nitrogens with zero attached hydrogens (tertiary/aromatic N) is 3. The van der Waals surface area contributed by atoms with E-state index >= 15 is 0 Å². The van der Waals surface area contributed by atoms with Gasteiger partial charge in [0, 0.05) is 0 Å². The van der Waals surface area contributed by atoms with Crippen molar-refractivity contribution in [2.24, 2.45) is 5.92 Å². The fourth-order valence-corrected chi connectivity index (χ4v) is 2.61. The second-order valence-corrected chi connectivity index (χ2v) is 6.18. The molecule has 0 aliphatic rings. The molecule has 6 nitrogen and oxygen atoms in total. The van der Waals surface area contributed by atoms with E-state index in [-0.39, 0.29) is 21.9 Å². The molecular formula is C15H23N3O3S2. The van der Waals surface area contributed by atoms with Gasteiger partial charge in [0.2, 0.25) is 0 Å². The minimum Gasteiger partial charge on any atom is -0.465 e. The van der Waals surface area contributed by atoms with E-state index in [1.165, 1.54) is 6.92 Å². The topological polar surface area (TPSA) is 82.0 Å². The zero-order chi connectivity index (χ0) is 17.4. The minimum atomic E-state index is -1.17. The Bertz CT molecular complexity index is 535. The van der Waals surface area contributed by atoms with Crippen LogP contribution < -0.4 is 0 Å². The van der Waals surface area contributed by atoms with Crippen molar-refractivity contribution in [1.82, 2.24) is 15.0 Å². The maximum Gasteiger partial charge on any atom is 0.324 e. The van der Waals surface area contributed by atoms with Gasteiger partial charge in [-0.05, 0) is 19.3 Å². The van der Waals surface area contributed by atoms with Crippen LogP contribution in [0.3, 0.4) is 0 Å². The van der Waals surface area contributed by atoms with Gasteiger partial charge >= 0.3 is 5.97 Å². The first-order valence-corrected chi connectivity index (χ1v) is 8.59. The number of hydrogen-bond acceptors (Lipinski definition) is 8. The highest BCUT2D eigenvalue weighted by atomic mass is 32.1. The lowest BCUT2D eigenvalue weighted by Gasteiger charge is -2.17. The van der Waals surface area contributed by atoms with Crippen molar-refractivity contribution < 1.29 is 14.3 Å². The molecule has 0 radical (unpaired) electrons. The molecule has 1 aromatic rings. The molecule has 23 heavy (non-hydrogen) atoms. The van der Waals surface area contributed by atoms with Gasteiger partial charge in [0.1, 0.15) is 0 Å². The zero-order valence-corrected chi connectivity index (χ0v) is 15.4. The number of esters is 1. The molecule has 0 saturated heterocycles. The Morgan fingerprint density at radius 2 is 1.74 bits per heavy atom. The Balaban J connectivity index is 2.81. The van der Waals surface area contributed by atoms with E-state index in [4.69, 9.17) is 4.74 Å². The monoisotopic (exact) mass is 357 g/mol. The first kappa shape index (κ1) is 19.9. The van der Waals surface area contributed by atoms with E-state index in [2.05, 4.69) is 54.1 Å². The van der Waals surface area contributed by atoms with E-state index in [0.29, 0.717) is 12.5 Å². The van der Waals surface area contributed by atoms with Crippen LogP contribution in [0.1, 0.15) is 58.2 Å². The number of ether oxygens (including phenoxy) is 1. The SMILES string of the molecule is CCCCC(CC)COC(=O)C(C(C)=O)c1nc(S)nc(S)n1. The normalized spacial score (nSPS) is 13.4. The molecular weight excluding hydrogens is 334 g/mol. The molecule has 0 aliphatic heterocycles. The van der Waals surface area contributed by atoms with E-state index in [0.717, 1.165) is 25.7 Å². The third kappa shape index (κ3) is 6.47. The summed E-state index contributed by atoms with van der Waals surface area (Å²) in [5.74, 6) is -1.87. The predicted molar refractivity (Wildman–Crippen MR) is 92.0 cm³/mol. The van der Waals surface area contributed by atoms with Crippen molar-refractivity contribution in [3.63, 3.8) is 0 Å². The molecule has 0 aromatic carbocycles. The Labute approximate surface area is 147 Å². The number of thiol groups is 2. The standard InChI is InChI=1S/C15H23N3O3S2/c1-4-6-7-10(5-2)8-21-13(20)11(9(3)19)12-16-14(22)18-15(23)17-12/h10-11H,4-8H2,1-3H3,(H2,16,17,18,22,23). The van der Waals surface area contributed by atoms with Gasteiger partial charge in [0.05, 0.1) is 6.61 Å². The average molecular weight is 358 g/mol. The average Bonchev–Trinajstić information content (AvgIpc) is 2.46. The Hall–Kier alpha value is -1.15. The highest BCUT2D eigenvalue weighted by Crippen LogP contribution is 2.19. The van der Waals surface area contributed by atoms with Crippen molar-refractivity contribution in [3.8, 4) is 0 Å². The quantitative estimate of drug-likeness (QED) is 0.402. The van der Waals surface area contributed by atoms with Crippen molar-refractivity contribution in [1.29, 1.82) is 0 Å². The molecule has 0 fully saturated rings. The van der Waals surface area contributed by atoms with Gasteiger partial charge in [0.15, 0.2) is 27.8 Å². The largest absolute Gasteiger partial charge is 0.465 e. The third-order valence-corrected chi connectivity index (χ3v) is 3.93. The number of hydrogen-bond donors (Lipinski definition) is 2. The molecule has 2 unspecified atom stereocenters. The van der Waals surface area contributed by atoms with E-state index in [1.54, 1.807) is 0 Å². The van der Waals surface area contributed by atoms with Gasteiger partial charge in [-0.2, -0.15) is 4.98 Å². The number of ketones is 1. The number of Topliss-reactive ketones (excluding diaryl/α,β-unsaturated/α-hetero) is 1. The minimum absolute atomic E-state index is 0.0223. The van der Waals surface area contributed by atoms with Crippen LogP contribution in [0.5, 0.6) is 0 Å². The predicted octanol–water partition coefficient (Wildman–Crippen LogP) is 2.88. The summed E-state index contributed by atoms with van der Waals surface area (Å²) < 4.78 is 5.34. The summed E-state index contributed by atoms with van der Waals surface area (Å²) in [6, 6.07) is 0. The lowest BCUT2D eigenvalue weighted by atomic mass is 10.00. The summed E-state index contributed by atoms with van der Waals surface area (Å²) in [7, 11) is 0. The van der Waals surface area contributed by atoms with Gasteiger partial charge in [0.25, 0.3) is 0 Å². The fraction of sp³-hybridized carbons (Fsp3) is 0.667. The Morgan fingerprint density at radius 1 is 1.13 bits per heavy atom. The van der Waals surface area contributed by atoms with E-state index < -0.39 is 11.9 Å². The van der Waals surface area contributed by atoms with Gasteiger partial charge in [-0.1, -0.05) is 33.1 Å². The molecule has 1 heterocycles. The van der Waals surface area contributed by atoms with Gasteiger partial charge in [-0.3, -0.25) is 9.59 Å². The summed E-state index contributed by atoms with van der Waals surface area (Å²) in [6.07, 6.45) is 4.11. The smallest absolute Gasteiger partial charge is 0.324 e. The molecule has 1 aromatic heterocycles. The summed E-state index contributed by atoms with van der Waals surface area (Å²) in [6.45, 7) is 5.78. The molecule has 0 N–H and O–H groups in total. The van der Waals surface area contributed by atoms with Crippen molar-refractivity contribution in [3.05, 3.63) is 5.82 Å². The van der Waals surface area contributed by atoms with Crippen LogP contribution in [0.15, 0.2) is 10.3 Å². The van der Waals surface area contributed by atoms with Crippen LogP contribution >= 0.6 is 25.3 Å². The summed E-state index contributed by atoms with van der Waals surface area (Å²) >= 11 is 8.04. The zero-order valence-electron chi connectivity index (χ0n) is 13.7. The maximum atomic E-state index is 12.3. The van der Waals surface area contributed by atoms with Crippen LogP contribution in [0, 0.1) is 5.92 Å². The number of rotatable bonds is 9. The van der Waals surface area contributed by atoms with Crippen molar-refractivity contribution >= 4 is 37.0 Å². The molecule has 0 bridgehead atoms. The van der Waals surface area contributed by atoms with E-state index in [1.807, 2.05) is 0 Å². The van der Waals surface area contributed by atoms with E-state index in [9.17, 15) is 9.59 Å². The molecule has 2 atom stereocenters. The number of aromatic nitrogens is 3. The molecule has 0 amide bonds. The maximum absolute atomic E-state index is 12.3. The number of carbonyl (C=O) groups is 2. The first-order chi connectivity index (χ1) is 10.9. The van der Waals surface area contributed by atoms with Crippen molar-refractivity contribution in [2.45, 2.75) is 62.7 Å². The molecule has 0 saturated carbocycles. The van der Waals surface area contributed by atoms with Crippen LogP contribution in [0.2, 0.25) is 0 Å². The molecule has 128 valence electrons. The molecule has 1 rings (SSSR count). The van der Waals surface area contributed by atoms with Crippen LogP contribution in [0.4, 0.5) is 0 Å². The summed E-state index contributed by atoms with van der Waals surface area (Å²) in [5, 5.41) is 0.210. The summed E-state index contributed by atoms with van der Waals surface area (Å²) in [5.41, 5.74) is 0. The summed E-state index contributed by atoms with van der Waals surface area (Å²) in [4.78, 5) is 35.8. The van der Waals surface area contributed by atoms with Crippen LogP contribution in [-0.4, -0.2) is 33.3 Å². The molecule has 0 aliphatic carbocycles. The molecule has 0 spiro atoms. The van der Waals surface area contributed by atoms with Gasteiger partial charge in [-0.25, -0.2) is 9.97 Å². The first-order valence-electron chi connectivity index (χ1n) is 7.69. The van der Waals surface area contributed by atoms with Crippen LogP contribution in [0.25, 0.3) is 0 Å². The van der Waals surface area contributed by atoms with Gasteiger partial charge in [-0.15, -0.1) is 25.3 Å². The molecule has 8 heteroatoms.